The monoisotopic (exact) mass is 639 g/mol. The van der Waals surface area contributed by atoms with Gasteiger partial charge in [0.2, 0.25) is 5.91 Å². The summed E-state index contributed by atoms with van der Waals surface area (Å²) >= 11 is 0. The van der Waals surface area contributed by atoms with Crippen molar-refractivity contribution in [3.05, 3.63) is 36.5 Å². The maximum atomic E-state index is 12.4. The fourth-order valence-electron chi connectivity index (χ4n) is 5.28. The minimum absolute atomic E-state index is 0.277. The van der Waals surface area contributed by atoms with E-state index in [0.29, 0.717) is 6.42 Å². The van der Waals surface area contributed by atoms with Crippen molar-refractivity contribution < 1.29 is 22.9 Å². The number of aliphatic hydroxyl groups excluding tert-OH is 1. The van der Waals surface area contributed by atoms with Gasteiger partial charge < -0.3 is 10.4 Å². The zero-order chi connectivity index (χ0) is 32.6. The zero-order valence-electron chi connectivity index (χ0n) is 28.5. The number of rotatable bonds is 32. The molecule has 2 unspecified atom stereocenters. The van der Waals surface area contributed by atoms with Gasteiger partial charge in [-0.25, -0.2) is 0 Å². The molecule has 0 saturated carbocycles. The Morgan fingerprint density at radius 1 is 0.591 bits per heavy atom. The van der Waals surface area contributed by atoms with E-state index in [0.717, 1.165) is 51.4 Å². The van der Waals surface area contributed by atoms with E-state index in [9.17, 15) is 22.9 Å². The fraction of sp³-hybridized carbons (Fsp3) is 0.811. The average Bonchev–Trinajstić information content (AvgIpc) is 2.98. The van der Waals surface area contributed by atoms with Crippen LogP contribution in [0.1, 0.15) is 174 Å². The van der Waals surface area contributed by atoms with Crippen molar-refractivity contribution in [1.29, 1.82) is 0 Å². The molecule has 0 fully saturated rings. The van der Waals surface area contributed by atoms with Crippen molar-refractivity contribution in [1.82, 2.24) is 5.32 Å². The predicted octanol–water partition coefficient (Wildman–Crippen LogP) is 10.2. The smallest absolute Gasteiger partial charge is 0.267 e. The summed E-state index contributed by atoms with van der Waals surface area (Å²) in [5.74, 6) is -1.01. The highest BCUT2D eigenvalue weighted by Crippen LogP contribution is 2.13. The molecule has 0 aromatic heterocycles. The summed E-state index contributed by atoms with van der Waals surface area (Å²) in [7, 11) is -4.35. The molecule has 7 heteroatoms. The SMILES string of the molecule is CCCCC/C=C\CCCCCCCC(=O)NC(CS(=O)(=O)O)C(O)/C=C/CC/C=C/CCCCCCCCCCCCC. The first-order valence-corrected chi connectivity index (χ1v) is 19.8. The molecule has 0 saturated heterocycles. The van der Waals surface area contributed by atoms with Crippen LogP contribution >= 0.6 is 0 Å². The third-order valence-electron chi connectivity index (χ3n) is 8.04. The van der Waals surface area contributed by atoms with Crippen LogP contribution in [0.2, 0.25) is 0 Å². The molecule has 0 spiro atoms. The van der Waals surface area contributed by atoms with E-state index in [1.54, 1.807) is 6.08 Å². The molecule has 6 nitrogen and oxygen atoms in total. The Bertz CT molecular complexity index is 837. The van der Waals surface area contributed by atoms with Crippen LogP contribution in [0.25, 0.3) is 0 Å². The van der Waals surface area contributed by atoms with Crippen molar-refractivity contribution in [3.63, 3.8) is 0 Å². The molecule has 0 aliphatic carbocycles. The molecule has 258 valence electrons. The van der Waals surface area contributed by atoms with Gasteiger partial charge in [-0.05, 0) is 57.8 Å². The van der Waals surface area contributed by atoms with Crippen LogP contribution in [0.4, 0.5) is 0 Å². The number of carbonyl (C=O) groups is 1. The third-order valence-corrected chi connectivity index (χ3v) is 8.82. The minimum Gasteiger partial charge on any atom is -0.387 e. The Morgan fingerprint density at radius 3 is 1.48 bits per heavy atom. The Hall–Kier alpha value is -1.44. The lowest BCUT2D eigenvalue weighted by molar-refractivity contribution is -0.122. The number of unbranched alkanes of at least 4 members (excludes halogenated alkanes) is 20. The first-order chi connectivity index (χ1) is 21.3. The van der Waals surface area contributed by atoms with E-state index in [1.807, 2.05) is 0 Å². The molecule has 0 heterocycles. The van der Waals surface area contributed by atoms with E-state index in [4.69, 9.17) is 0 Å². The van der Waals surface area contributed by atoms with Crippen LogP contribution in [-0.2, 0) is 14.9 Å². The number of hydrogen-bond donors (Lipinski definition) is 3. The van der Waals surface area contributed by atoms with Gasteiger partial charge in [0.05, 0.1) is 17.9 Å². The van der Waals surface area contributed by atoms with Crippen molar-refractivity contribution in [2.45, 2.75) is 187 Å². The first-order valence-electron chi connectivity index (χ1n) is 18.2. The number of hydrogen-bond acceptors (Lipinski definition) is 4. The first kappa shape index (κ1) is 42.6. The molecule has 0 aliphatic rings. The van der Waals surface area contributed by atoms with Gasteiger partial charge in [0, 0.05) is 6.42 Å². The number of nitrogens with one attached hydrogen (secondary N) is 1. The van der Waals surface area contributed by atoms with E-state index < -0.39 is 28.0 Å². The lowest BCUT2D eigenvalue weighted by Crippen LogP contribution is -2.46. The summed E-state index contributed by atoms with van der Waals surface area (Å²) in [5.41, 5.74) is 0. The van der Waals surface area contributed by atoms with Gasteiger partial charge in [-0.1, -0.05) is 147 Å². The van der Waals surface area contributed by atoms with E-state index >= 15 is 0 Å². The van der Waals surface area contributed by atoms with Crippen LogP contribution in [0.3, 0.4) is 0 Å². The largest absolute Gasteiger partial charge is 0.387 e. The summed E-state index contributed by atoms with van der Waals surface area (Å²) in [6.45, 7) is 4.48. The number of carbonyl (C=O) groups excluding carboxylic acids is 1. The average molecular weight is 640 g/mol. The molecule has 0 aromatic carbocycles. The molecular weight excluding hydrogens is 570 g/mol. The molecule has 3 N–H and O–H groups in total. The second kappa shape index (κ2) is 31.5. The molecule has 0 aromatic rings. The normalized spacial score (nSPS) is 13.8. The highest BCUT2D eigenvalue weighted by Gasteiger charge is 2.24. The maximum absolute atomic E-state index is 12.4. The molecule has 0 rings (SSSR count). The topological polar surface area (TPSA) is 104 Å². The summed E-state index contributed by atoms with van der Waals surface area (Å²) in [5, 5.41) is 13.1. The van der Waals surface area contributed by atoms with Gasteiger partial charge in [-0.2, -0.15) is 8.42 Å². The molecule has 0 radical (unpaired) electrons. The van der Waals surface area contributed by atoms with Crippen molar-refractivity contribution in [2.24, 2.45) is 0 Å². The second-order valence-corrected chi connectivity index (χ2v) is 14.0. The Morgan fingerprint density at radius 2 is 0.977 bits per heavy atom. The summed E-state index contributed by atoms with van der Waals surface area (Å²) in [4.78, 5) is 12.4. The number of amides is 1. The molecule has 1 amide bonds. The van der Waals surface area contributed by atoms with Crippen LogP contribution in [0, 0.1) is 0 Å². The standard InChI is InChI=1S/C37H69NO5S/c1-3-5-7-9-11-13-15-17-18-19-20-21-22-24-26-28-30-32-36(39)35(34-44(41,42)43)38-37(40)33-31-29-27-25-23-16-14-12-10-8-6-4-2/h12,14,22,24,30,32,35-36,39H,3-11,13,15-21,23,25-29,31,33-34H2,1-2H3,(H,38,40)(H,41,42,43)/b14-12-,24-22+,32-30+. The van der Waals surface area contributed by atoms with Gasteiger partial charge in [0.15, 0.2) is 0 Å². The van der Waals surface area contributed by atoms with Crippen LogP contribution in [0.5, 0.6) is 0 Å². The van der Waals surface area contributed by atoms with Gasteiger partial charge in [-0.15, -0.1) is 0 Å². The quantitative estimate of drug-likeness (QED) is 0.0386. The van der Waals surface area contributed by atoms with Crippen LogP contribution in [-0.4, -0.2) is 41.9 Å². The van der Waals surface area contributed by atoms with Gasteiger partial charge in [0.1, 0.15) is 0 Å². The van der Waals surface area contributed by atoms with E-state index in [2.05, 4.69) is 43.5 Å². The third kappa shape index (κ3) is 32.0. The predicted molar refractivity (Wildman–Crippen MR) is 189 cm³/mol. The highest BCUT2D eigenvalue weighted by molar-refractivity contribution is 7.85. The summed E-state index contributed by atoms with van der Waals surface area (Å²) in [6.07, 6.45) is 39.8. The van der Waals surface area contributed by atoms with Crippen molar-refractivity contribution >= 4 is 16.0 Å². The molecule has 2 atom stereocenters. The fourth-order valence-corrected chi connectivity index (χ4v) is 6.02. The zero-order valence-corrected chi connectivity index (χ0v) is 29.3. The van der Waals surface area contributed by atoms with E-state index in [-0.39, 0.29) is 12.3 Å². The van der Waals surface area contributed by atoms with Crippen LogP contribution in [0.15, 0.2) is 36.5 Å². The van der Waals surface area contributed by atoms with Gasteiger partial charge in [-0.3, -0.25) is 9.35 Å². The van der Waals surface area contributed by atoms with Gasteiger partial charge >= 0.3 is 0 Å². The number of allylic oxidation sites excluding steroid dienone is 5. The lowest BCUT2D eigenvalue weighted by atomic mass is 10.1. The molecular formula is C37H69NO5S. The van der Waals surface area contributed by atoms with E-state index in [1.165, 1.54) is 102 Å². The van der Waals surface area contributed by atoms with Crippen molar-refractivity contribution in [2.75, 3.05) is 5.75 Å². The molecule has 0 aliphatic heterocycles. The van der Waals surface area contributed by atoms with Crippen molar-refractivity contribution in [3.8, 4) is 0 Å². The highest BCUT2D eigenvalue weighted by atomic mass is 32.2. The number of aliphatic hydroxyl groups is 1. The lowest BCUT2D eigenvalue weighted by Gasteiger charge is -2.21. The summed E-state index contributed by atoms with van der Waals surface area (Å²) < 4.78 is 32.3. The minimum atomic E-state index is -4.35. The maximum Gasteiger partial charge on any atom is 0.267 e. The van der Waals surface area contributed by atoms with Crippen LogP contribution < -0.4 is 5.32 Å². The Labute approximate surface area is 272 Å². The molecule has 44 heavy (non-hydrogen) atoms. The Balaban J connectivity index is 4.05. The molecule has 0 bridgehead atoms. The Kier molecular flexibility index (Phi) is 30.5. The second-order valence-electron chi connectivity index (χ2n) is 12.5. The van der Waals surface area contributed by atoms with Gasteiger partial charge in [0.25, 0.3) is 10.1 Å². The summed E-state index contributed by atoms with van der Waals surface area (Å²) in [6, 6.07) is -1.07.